The van der Waals surface area contributed by atoms with Gasteiger partial charge in [0.1, 0.15) is 0 Å². The Balaban J connectivity index is 1.89. The summed E-state index contributed by atoms with van der Waals surface area (Å²) in [6.45, 7) is 3.11. The third-order valence-electron chi connectivity index (χ3n) is 3.49. The highest BCUT2D eigenvalue weighted by Gasteiger charge is 2.23. The molecule has 1 heterocycles. The largest absolute Gasteiger partial charge is 0.477 e. The topological polar surface area (TPSA) is 93.0 Å². The number of ether oxygens (including phenoxy) is 1. The van der Waals surface area contributed by atoms with E-state index in [1.807, 2.05) is 0 Å². The average molecular weight is 307 g/mol. The lowest BCUT2D eigenvalue weighted by Gasteiger charge is -2.34. The van der Waals surface area contributed by atoms with Gasteiger partial charge in [0.15, 0.2) is 12.4 Å². The molecule has 1 aromatic rings. The molecule has 2 rings (SSSR count). The summed E-state index contributed by atoms with van der Waals surface area (Å²) in [6, 6.07) is 5.93. The number of nitro benzene ring substituents is 1. The SMILES string of the molecule is CC(=O)N1CCN(C(=O)COc2ccccc2[N+](=O)[O-])CC1. The van der Waals surface area contributed by atoms with Crippen LogP contribution in [0.2, 0.25) is 0 Å². The fourth-order valence-electron chi connectivity index (χ4n) is 2.23. The summed E-state index contributed by atoms with van der Waals surface area (Å²) < 4.78 is 5.27. The maximum absolute atomic E-state index is 12.1. The lowest BCUT2D eigenvalue weighted by Crippen LogP contribution is -2.51. The maximum atomic E-state index is 12.1. The molecular weight excluding hydrogens is 290 g/mol. The van der Waals surface area contributed by atoms with E-state index in [9.17, 15) is 19.7 Å². The van der Waals surface area contributed by atoms with Gasteiger partial charge in [-0.2, -0.15) is 0 Å². The minimum atomic E-state index is -0.550. The Morgan fingerprint density at radius 1 is 1.18 bits per heavy atom. The first kappa shape index (κ1) is 15.7. The molecule has 0 atom stereocenters. The first-order chi connectivity index (χ1) is 10.5. The second kappa shape index (κ2) is 6.88. The zero-order chi connectivity index (χ0) is 16.1. The van der Waals surface area contributed by atoms with E-state index in [0.717, 1.165) is 0 Å². The monoisotopic (exact) mass is 307 g/mol. The van der Waals surface area contributed by atoms with Crippen LogP contribution in [0.4, 0.5) is 5.69 Å². The van der Waals surface area contributed by atoms with Gasteiger partial charge in [0.05, 0.1) is 4.92 Å². The predicted molar refractivity (Wildman–Crippen MR) is 77.4 cm³/mol. The van der Waals surface area contributed by atoms with Crippen molar-refractivity contribution in [2.75, 3.05) is 32.8 Å². The number of rotatable bonds is 4. The molecule has 0 unspecified atom stereocenters. The van der Waals surface area contributed by atoms with E-state index in [-0.39, 0.29) is 29.9 Å². The Hall–Kier alpha value is -2.64. The molecule has 1 aromatic carbocycles. The number of piperazine rings is 1. The molecule has 22 heavy (non-hydrogen) atoms. The Labute approximate surface area is 127 Å². The van der Waals surface area contributed by atoms with Crippen molar-refractivity contribution in [3.8, 4) is 5.75 Å². The minimum absolute atomic E-state index is 0.0109. The number of hydrogen-bond acceptors (Lipinski definition) is 5. The molecule has 0 aliphatic carbocycles. The molecule has 0 aromatic heterocycles. The molecule has 0 bridgehead atoms. The van der Waals surface area contributed by atoms with Gasteiger partial charge in [-0.3, -0.25) is 19.7 Å². The Morgan fingerprint density at radius 2 is 1.77 bits per heavy atom. The van der Waals surface area contributed by atoms with Crippen LogP contribution in [0, 0.1) is 10.1 Å². The van der Waals surface area contributed by atoms with Crippen LogP contribution >= 0.6 is 0 Å². The Bertz CT molecular complexity index is 582. The summed E-state index contributed by atoms with van der Waals surface area (Å²) in [4.78, 5) is 36.9. The summed E-state index contributed by atoms with van der Waals surface area (Å²) in [5, 5.41) is 10.9. The van der Waals surface area contributed by atoms with E-state index in [1.54, 1.807) is 15.9 Å². The summed E-state index contributed by atoms with van der Waals surface area (Å²) in [7, 11) is 0. The van der Waals surface area contributed by atoms with E-state index in [4.69, 9.17) is 4.74 Å². The number of carbonyl (C=O) groups is 2. The molecule has 8 nitrogen and oxygen atoms in total. The summed E-state index contributed by atoms with van der Waals surface area (Å²) in [5.74, 6) is -0.187. The molecule has 0 N–H and O–H groups in total. The number of para-hydroxylation sites is 2. The van der Waals surface area contributed by atoms with Crippen molar-refractivity contribution in [1.82, 2.24) is 9.80 Å². The highest BCUT2D eigenvalue weighted by molar-refractivity contribution is 5.79. The molecule has 118 valence electrons. The normalized spacial score (nSPS) is 14.6. The van der Waals surface area contributed by atoms with E-state index >= 15 is 0 Å². The summed E-state index contributed by atoms with van der Waals surface area (Å²) >= 11 is 0. The van der Waals surface area contributed by atoms with Crippen molar-refractivity contribution in [3.05, 3.63) is 34.4 Å². The minimum Gasteiger partial charge on any atom is -0.477 e. The lowest BCUT2D eigenvalue weighted by molar-refractivity contribution is -0.385. The van der Waals surface area contributed by atoms with Crippen molar-refractivity contribution in [1.29, 1.82) is 0 Å². The van der Waals surface area contributed by atoms with Gasteiger partial charge >= 0.3 is 5.69 Å². The fraction of sp³-hybridized carbons (Fsp3) is 0.429. The highest BCUT2D eigenvalue weighted by atomic mass is 16.6. The van der Waals surface area contributed by atoms with Crippen LogP contribution < -0.4 is 4.74 Å². The van der Waals surface area contributed by atoms with Crippen LogP contribution in [-0.4, -0.2) is 59.3 Å². The third kappa shape index (κ3) is 3.72. The van der Waals surface area contributed by atoms with E-state index in [0.29, 0.717) is 26.2 Å². The van der Waals surface area contributed by atoms with Crippen LogP contribution in [0.1, 0.15) is 6.92 Å². The van der Waals surface area contributed by atoms with Gasteiger partial charge in [-0.1, -0.05) is 12.1 Å². The number of benzene rings is 1. The summed E-state index contributed by atoms with van der Waals surface area (Å²) in [6.07, 6.45) is 0. The molecule has 1 aliphatic rings. The van der Waals surface area contributed by atoms with Gasteiger partial charge in [0.25, 0.3) is 5.91 Å². The summed E-state index contributed by atoms with van der Waals surface area (Å²) in [5.41, 5.74) is -0.170. The van der Waals surface area contributed by atoms with E-state index in [2.05, 4.69) is 0 Å². The van der Waals surface area contributed by atoms with Gasteiger partial charge in [-0.25, -0.2) is 0 Å². The lowest BCUT2D eigenvalue weighted by atomic mass is 10.3. The Morgan fingerprint density at radius 3 is 2.36 bits per heavy atom. The van der Waals surface area contributed by atoms with Crippen LogP contribution in [0.5, 0.6) is 5.75 Å². The smallest absolute Gasteiger partial charge is 0.310 e. The molecule has 0 saturated carbocycles. The number of nitro groups is 1. The number of amides is 2. The van der Waals surface area contributed by atoms with Gasteiger partial charge < -0.3 is 14.5 Å². The molecule has 0 radical (unpaired) electrons. The van der Waals surface area contributed by atoms with Crippen molar-refractivity contribution in [2.24, 2.45) is 0 Å². The molecule has 1 saturated heterocycles. The Kier molecular flexibility index (Phi) is 4.92. The van der Waals surface area contributed by atoms with Crippen LogP contribution in [0.15, 0.2) is 24.3 Å². The quantitative estimate of drug-likeness (QED) is 0.602. The van der Waals surface area contributed by atoms with Gasteiger partial charge in [0.2, 0.25) is 5.91 Å². The molecule has 0 spiro atoms. The number of nitrogens with zero attached hydrogens (tertiary/aromatic N) is 3. The van der Waals surface area contributed by atoms with E-state index < -0.39 is 4.92 Å². The van der Waals surface area contributed by atoms with Crippen LogP contribution in [-0.2, 0) is 9.59 Å². The predicted octanol–water partition coefficient (Wildman–Crippen LogP) is 0.664. The maximum Gasteiger partial charge on any atom is 0.310 e. The van der Waals surface area contributed by atoms with E-state index in [1.165, 1.54) is 25.1 Å². The first-order valence-electron chi connectivity index (χ1n) is 6.88. The molecule has 2 amide bonds. The number of hydrogen-bond donors (Lipinski definition) is 0. The zero-order valence-electron chi connectivity index (χ0n) is 12.2. The van der Waals surface area contributed by atoms with Crippen molar-refractivity contribution >= 4 is 17.5 Å². The molecule has 8 heteroatoms. The first-order valence-corrected chi connectivity index (χ1v) is 6.88. The standard InChI is InChI=1S/C14H17N3O5/c1-11(18)15-6-8-16(9-7-15)14(19)10-22-13-5-3-2-4-12(13)17(20)21/h2-5H,6-10H2,1H3. The third-order valence-corrected chi connectivity index (χ3v) is 3.49. The van der Waals surface area contributed by atoms with Gasteiger partial charge in [-0.15, -0.1) is 0 Å². The average Bonchev–Trinajstić information content (AvgIpc) is 2.52. The van der Waals surface area contributed by atoms with Crippen LogP contribution in [0.25, 0.3) is 0 Å². The molecule has 1 aliphatic heterocycles. The molecule has 1 fully saturated rings. The van der Waals surface area contributed by atoms with Gasteiger partial charge in [-0.05, 0) is 6.07 Å². The van der Waals surface area contributed by atoms with Crippen molar-refractivity contribution in [2.45, 2.75) is 6.92 Å². The zero-order valence-corrected chi connectivity index (χ0v) is 12.2. The number of carbonyl (C=O) groups excluding carboxylic acids is 2. The van der Waals surface area contributed by atoms with Gasteiger partial charge in [0, 0.05) is 39.2 Å². The second-order valence-electron chi connectivity index (χ2n) is 4.90. The molecular formula is C14H17N3O5. The highest BCUT2D eigenvalue weighted by Crippen LogP contribution is 2.25. The fourth-order valence-corrected chi connectivity index (χ4v) is 2.23. The van der Waals surface area contributed by atoms with Crippen molar-refractivity contribution < 1.29 is 19.2 Å². The second-order valence-corrected chi connectivity index (χ2v) is 4.90. The van der Waals surface area contributed by atoms with Crippen LogP contribution in [0.3, 0.4) is 0 Å². The van der Waals surface area contributed by atoms with Crippen molar-refractivity contribution in [3.63, 3.8) is 0 Å².